The molecule has 3 fully saturated rings. The van der Waals surface area contributed by atoms with Gasteiger partial charge in [-0.1, -0.05) is 34.6 Å². The first kappa shape index (κ1) is 19.3. The molecule has 0 aromatic rings. The van der Waals surface area contributed by atoms with Crippen LogP contribution in [0.1, 0.15) is 47.5 Å². The third kappa shape index (κ3) is 1.96. The second-order valence-electron chi connectivity index (χ2n) is 9.51. The molecule has 2 bridgehead atoms. The second-order valence-corrected chi connectivity index (χ2v) is 9.51. The van der Waals surface area contributed by atoms with Gasteiger partial charge >= 0.3 is 12.4 Å². The molecular formula is C17H24F6O2. The van der Waals surface area contributed by atoms with Crippen LogP contribution >= 0.6 is 0 Å². The van der Waals surface area contributed by atoms with Gasteiger partial charge in [0, 0.05) is 5.41 Å². The van der Waals surface area contributed by atoms with E-state index in [4.69, 9.17) is 4.74 Å². The summed E-state index contributed by atoms with van der Waals surface area (Å²) in [6, 6.07) is 0. The van der Waals surface area contributed by atoms with E-state index in [1.807, 2.05) is 20.8 Å². The molecule has 3 aliphatic carbocycles. The van der Waals surface area contributed by atoms with Crippen LogP contribution in [-0.2, 0) is 4.74 Å². The van der Waals surface area contributed by atoms with Gasteiger partial charge in [-0.05, 0) is 35.0 Å². The Morgan fingerprint density at radius 2 is 1.40 bits per heavy atom. The van der Waals surface area contributed by atoms with Crippen LogP contribution in [0.4, 0.5) is 26.3 Å². The van der Waals surface area contributed by atoms with E-state index in [1.54, 1.807) is 0 Å². The molecular weight excluding hydrogens is 350 g/mol. The summed E-state index contributed by atoms with van der Waals surface area (Å²) in [7, 11) is 0. The smallest absolute Gasteiger partial charge is 0.374 e. The van der Waals surface area contributed by atoms with E-state index < -0.39 is 36.1 Å². The monoisotopic (exact) mass is 374 g/mol. The van der Waals surface area contributed by atoms with Gasteiger partial charge < -0.3 is 9.84 Å². The van der Waals surface area contributed by atoms with Crippen molar-refractivity contribution in [3.8, 4) is 0 Å². The predicted molar refractivity (Wildman–Crippen MR) is 77.6 cm³/mol. The molecule has 146 valence electrons. The first-order valence-corrected chi connectivity index (χ1v) is 8.36. The molecule has 0 aliphatic heterocycles. The largest absolute Gasteiger partial charge is 0.428 e. The molecule has 0 aromatic heterocycles. The lowest BCUT2D eigenvalue weighted by Crippen LogP contribution is -2.60. The van der Waals surface area contributed by atoms with E-state index in [9.17, 15) is 31.4 Å². The predicted octanol–water partition coefficient (Wildman–Crippen LogP) is 4.71. The van der Waals surface area contributed by atoms with E-state index in [-0.39, 0.29) is 22.2 Å². The Labute approximate surface area is 142 Å². The SMILES string of the molecule is CC12CC(OCC(O)(C(F)(F)F)C(F)(F)F)C3(C1)C(C2(C)C)C3(C)C. The average Bonchev–Trinajstić information content (AvgIpc) is 2.64. The van der Waals surface area contributed by atoms with Crippen molar-refractivity contribution in [3.63, 3.8) is 0 Å². The van der Waals surface area contributed by atoms with Crippen LogP contribution in [0.3, 0.4) is 0 Å². The van der Waals surface area contributed by atoms with Gasteiger partial charge in [0.25, 0.3) is 5.60 Å². The zero-order chi connectivity index (χ0) is 19.5. The molecule has 3 aliphatic rings. The molecule has 0 saturated heterocycles. The first-order valence-electron chi connectivity index (χ1n) is 8.36. The Morgan fingerprint density at radius 1 is 0.920 bits per heavy atom. The van der Waals surface area contributed by atoms with Crippen LogP contribution < -0.4 is 0 Å². The summed E-state index contributed by atoms with van der Waals surface area (Å²) in [6.07, 6.45) is -11.3. The molecule has 4 unspecified atom stereocenters. The van der Waals surface area contributed by atoms with Crippen molar-refractivity contribution >= 4 is 0 Å². The topological polar surface area (TPSA) is 29.5 Å². The highest BCUT2D eigenvalue weighted by Gasteiger charge is 2.89. The number of halogens is 6. The van der Waals surface area contributed by atoms with Crippen molar-refractivity contribution in [2.75, 3.05) is 6.61 Å². The number of hydrogen-bond acceptors (Lipinski definition) is 2. The lowest BCUT2D eigenvalue weighted by Gasteiger charge is -2.43. The van der Waals surface area contributed by atoms with Gasteiger partial charge in [-0.3, -0.25) is 0 Å². The fourth-order valence-electron chi connectivity index (χ4n) is 6.38. The standard InChI is InChI=1S/C17H24F6O2/c1-11(2)10-12(3,4)14(10)7-13(11,5)6-9(14)25-8-15(24,16(18,19)20)17(21,22)23/h9-10,24H,6-8H2,1-5H3. The van der Waals surface area contributed by atoms with Crippen LogP contribution in [0, 0.1) is 27.6 Å². The lowest BCUT2D eigenvalue weighted by molar-refractivity contribution is -0.380. The maximum atomic E-state index is 12.9. The number of fused-ring (bicyclic) bond motifs is 1. The molecule has 1 N–H and O–H groups in total. The summed E-state index contributed by atoms with van der Waals surface area (Å²) < 4.78 is 82.4. The van der Waals surface area contributed by atoms with Gasteiger partial charge in [0.05, 0.1) is 12.7 Å². The highest BCUT2D eigenvalue weighted by Crippen LogP contribution is 2.92. The molecule has 0 radical (unpaired) electrons. The Hall–Kier alpha value is -0.500. The number of aliphatic hydroxyl groups is 1. The number of hydrogen-bond donors (Lipinski definition) is 1. The maximum Gasteiger partial charge on any atom is 0.428 e. The fourth-order valence-corrected chi connectivity index (χ4v) is 6.38. The van der Waals surface area contributed by atoms with Crippen LogP contribution in [0.5, 0.6) is 0 Å². The summed E-state index contributed by atoms with van der Waals surface area (Å²) in [5.41, 5.74) is -5.70. The quantitative estimate of drug-likeness (QED) is 0.725. The summed E-state index contributed by atoms with van der Waals surface area (Å²) in [4.78, 5) is 0. The van der Waals surface area contributed by atoms with Gasteiger partial charge in [-0.2, -0.15) is 26.3 Å². The molecule has 3 saturated carbocycles. The molecule has 8 heteroatoms. The van der Waals surface area contributed by atoms with E-state index >= 15 is 0 Å². The highest BCUT2D eigenvalue weighted by atomic mass is 19.4. The van der Waals surface area contributed by atoms with E-state index in [0.29, 0.717) is 6.42 Å². The second kappa shape index (κ2) is 4.49. The summed E-state index contributed by atoms with van der Waals surface area (Å²) in [5, 5.41) is 9.33. The van der Waals surface area contributed by atoms with Crippen LogP contribution in [-0.4, -0.2) is 35.8 Å². The van der Waals surface area contributed by atoms with E-state index in [0.717, 1.165) is 6.42 Å². The van der Waals surface area contributed by atoms with Gasteiger partial charge in [-0.25, -0.2) is 0 Å². The van der Waals surface area contributed by atoms with Crippen molar-refractivity contribution in [2.24, 2.45) is 27.6 Å². The van der Waals surface area contributed by atoms with Crippen LogP contribution in [0.15, 0.2) is 0 Å². The minimum atomic E-state index is -5.85. The van der Waals surface area contributed by atoms with Gasteiger partial charge in [0.15, 0.2) is 0 Å². The minimum absolute atomic E-state index is 0.0548. The molecule has 3 rings (SSSR count). The van der Waals surface area contributed by atoms with Crippen LogP contribution in [0.2, 0.25) is 0 Å². The Kier molecular flexibility index (Phi) is 3.46. The zero-order valence-electron chi connectivity index (χ0n) is 14.9. The van der Waals surface area contributed by atoms with Crippen LogP contribution in [0.25, 0.3) is 0 Å². The maximum absolute atomic E-state index is 12.9. The highest BCUT2D eigenvalue weighted by molar-refractivity contribution is 5.36. The fraction of sp³-hybridized carbons (Fsp3) is 1.00. The van der Waals surface area contributed by atoms with Gasteiger partial charge in [0.2, 0.25) is 0 Å². The summed E-state index contributed by atoms with van der Waals surface area (Å²) >= 11 is 0. The Balaban J connectivity index is 1.85. The molecule has 0 aromatic carbocycles. The number of alkyl halides is 6. The number of rotatable bonds is 3. The van der Waals surface area contributed by atoms with Gasteiger partial charge in [0.1, 0.15) is 0 Å². The summed E-state index contributed by atoms with van der Waals surface area (Å²) in [6.45, 7) is 8.45. The minimum Gasteiger partial charge on any atom is -0.374 e. The normalized spacial score (nSPS) is 41.8. The van der Waals surface area contributed by atoms with E-state index in [1.165, 1.54) is 0 Å². The average molecular weight is 374 g/mol. The molecule has 1 spiro atoms. The van der Waals surface area contributed by atoms with Crippen molar-refractivity contribution in [3.05, 3.63) is 0 Å². The molecule has 0 amide bonds. The van der Waals surface area contributed by atoms with Crippen molar-refractivity contribution in [1.82, 2.24) is 0 Å². The molecule has 2 nitrogen and oxygen atoms in total. The third-order valence-electron chi connectivity index (χ3n) is 7.95. The van der Waals surface area contributed by atoms with Gasteiger partial charge in [-0.15, -0.1) is 0 Å². The number of ether oxygens (including phenoxy) is 1. The van der Waals surface area contributed by atoms with E-state index in [2.05, 4.69) is 13.8 Å². The molecule has 4 atom stereocenters. The zero-order valence-corrected chi connectivity index (χ0v) is 14.9. The Bertz CT molecular complexity index is 579. The third-order valence-corrected chi connectivity index (χ3v) is 7.95. The Morgan fingerprint density at radius 3 is 1.80 bits per heavy atom. The molecule has 0 heterocycles. The van der Waals surface area contributed by atoms with Crippen molar-refractivity contribution < 1.29 is 36.2 Å². The van der Waals surface area contributed by atoms with Crippen molar-refractivity contribution in [2.45, 2.75) is 71.5 Å². The van der Waals surface area contributed by atoms with Crippen molar-refractivity contribution in [1.29, 1.82) is 0 Å². The summed E-state index contributed by atoms with van der Waals surface area (Å²) in [5.74, 6) is 0.182. The first-order chi connectivity index (χ1) is 10.9. The lowest BCUT2D eigenvalue weighted by atomic mass is 9.63. The molecule has 25 heavy (non-hydrogen) atoms.